The Morgan fingerprint density at radius 3 is 2.79 bits per heavy atom. The zero-order chi connectivity index (χ0) is 20.1. The molecule has 1 N–H and O–H groups in total. The van der Waals surface area contributed by atoms with Crippen molar-refractivity contribution in [3.8, 4) is 0 Å². The van der Waals surface area contributed by atoms with Gasteiger partial charge in [-0.1, -0.05) is 11.6 Å². The second-order valence-corrected chi connectivity index (χ2v) is 7.86. The van der Waals surface area contributed by atoms with Crippen molar-refractivity contribution in [2.45, 2.75) is 58.4 Å². The molecule has 3 rings (SSSR count). The molecule has 1 amide bonds. The van der Waals surface area contributed by atoms with Crippen LogP contribution in [0.2, 0.25) is 0 Å². The lowest BCUT2D eigenvalue weighted by Gasteiger charge is -2.34. The predicted molar refractivity (Wildman–Crippen MR) is 111 cm³/mol. The third kappa shape index (κ3) is 4.56. The number of rotatable bonds is 6. The van der Waals surface area contributed by atoms with Crippen LogP contribution in [-0.4, -0.2) is 34.7 Å². The highest BCUT2D eigenvalue weighted by Gasteiger charge is 2.27. The molecular weight excluding hydrogens is 356 g/mol. The minimum Gasteiger partial charge on any atom is -0.357 e. The number of nitrogens with one attached hydrogen (secondary N) is 1. The molecule has 2 aliphatic rings. The minimum absolute atomic E-state index is 0.0790. The zero-order valence-electron chi connectivity index (χ0n) is 17.1. The molecule has 2 heterocycles. The molecule has 1 unspecified atom stereocenters. The molecule has 28 heavy (non-hydrogen) atoms. The topological polar surface area (TPSA) is 76.3 Å². The fraction of sp³-hybridized carbons (Fsp3) is 0.667. The normalized spacial score (nSPS) is 20.0. The van der Waals surface area contributed by atoms with Gasteiger partial charge in [-0.05, 0) is 51.9 Å². The van der Waals surface area contributed by atoms with Gasteiger partial charge >= 0.3 is 5.69 Å². The van der Waals surface area contributed by atoms with Crippen LogP contribution in [0.4, 0.5) is 5.82 Å². The van der Waals surface area contributed by atoms with E-state index >= 15 is 0 Å². The standard InChI is InChI=1S/C21H32N4O3/c1-3-25-18(14-19(26)23(2)21(25)28)24-13-7-10-17(15-24)20(27)22-12-11-16-8-5-4-6-9-16/h8,14,17H,3-7,9-13,15H2,1-2H3,(H,22,27). The van der Waals surface area contributed by atoms with Crippen LogP contribution in [0.3, 0.4) is 0 Å². The summed E-state index contributed by atoms with van der Waals surface area (Å²) in [5, 5.41) is 3.09. The second kappa shape index (κ2) is 9.26. The molecular formula is C21H32N4O3. The Morgan fingerprint density at radius 2 is 2.07 bits per heavy atom. The minimum atomic E-state index is -0.308. The number of amides is 1. The molecule has 1 atom stereocenters. The Labute approximate surface area is 166 Å². The molecule has 1 aliphatic carbocycles. The van der Waals surface area contributed by atoms with Gasteiger partial charge in [-0.3, -0.25) is 18.7 Å². The van der Waals surface area contributed by atoms with E-state index in [1.54, 1.807) is 4.57 Å². The van der Waals surface area contributed by atoms with Gasteiger partial charge in [0.05, 0.1) is 5.92 Å². The molecule has 0 bridgehead atoms. The summed E-state index contributed by atoms with van der Waals surface area (Å²) in [5.41, 5.74) is 0.846. The van der Waals surface area contributed by atoms with E-state index in [4.69, 9.17) is 0 Å². The molecule has 7 nitrogen and oxygen atoms in total. The molecule has 0 spiro atoms. The van der Waals surface area contributed by atoms with Crippen molar-refractivity contribution < 1.29 is 4.79 Å². The van der Waals surface area contributed by atoms with Crippen LogP contribution in [0.25, 0.3) is 0 Å². The molecule has 1 aromatic rings. The van der Waals surface area contributed by atoms with Crippen molar-refractivity contribution in [1.29, 1.82) is 0 Å². The van der Waals surface area contributed by atoms with Crippen molar-refractivity contribution >= 4 is 11.7 Å². The van der Waals surface area contributed by atoms with Crippen molar-refractivity contribution in [1.82, 2.24) is 14.5 Å². The SMILES string of the molecule is CCn1c(N2CCCC(C(=O)NCCC3=CCCCC3)C2)cc(=O)n(C)c1=O. The summed E-state index contributed by atoms with van der Waals surface area (Å²) in [4.78, 5) is 39.2. The van der Waals surface area contributed by atoms with Crippen molar-refractivity contribution in [3.63, 3.8) is 0 Å². The maximum absolute atomic E-state index is 12.7. The summed E-state index contributed by atoms with van der Waals surface area (Å²) >= 11 is 0. The molecule has 1 fully saturated rings. The Kier molecular flexibility index (Phi) is 6.75. The number of piperidine rings is 1. The number of carbonyl (C=O) groups excluding carboxylic acids is 1. The highest BCUT2D eigenvalue weighted by molar-refractivity contribution is 5.79. The molecule has 154 valence electrons. The third-order valence-corrected chi connectivity index (χ3v) is 5.94. The number of allylic oxidation sites excluding steroid dienone is 1. The summed E-state index contributed by atoms with van der Waals surface area (Å²) in [5.74, 6) is 0.592. The van der Waals surface area contributed by atoms with Gasteiger partial charge in [0.25, 0.3) is 5.56 Å². The average molecular weight is 389 g/mol. The van der Waals surface area contributed by atoms with Gasteiger partial charge in [0.15, 0.2) is 0 Å². The van der Waals surface area contributed by atoms with E-state index in [0.717, 1.165) is 43.2 Å². The van der Waals surface area contributed by atoms with Crippen molar-refractivity contribution in [2.75, 3.05) is 24.5 Å². The van der Waals surface area contributed by atoms with Gasteiger partial charge in [0.2, 0.25) is 5.91 Å². The molecule has 0 radical (unpaired) electrons. The highest BCUT2D eigenvalue weighted by atomic mass is 16.2. The Hall–Kier alpha value is -2.31. The first-order valence-corrected chi connectivity index (χ1v) is 10.5. The summed E-state index contributed by atoms with van der Waals surface area (Å²) in [6, 6.07) is 1.51. The fourth-order valence-corrected chi connectivity index (χ4v) is 4.24. The van der Waals surface area contributed by atoms with Gasteiger partial charge in [-0.25, -0.2) is 4.79 Å². The number of hydrogen-bond acceptors (Lipinski definition) is 4. The Bertz CT molecular complexity index is 852. The maximum Gasteiger partial charge on any atom is 0.332 e. The highest BCUT2D eigenvalue weighted by Crippen LogP contribution is 2.22. The van der Waals surface area contributed by atoms with E-state index in [-0.39, 0.29) is 23.1 Å². The molecule has 1 aliphatic heterocycles. The van der Waals surface area contributed by atoms with Gasteiger partial charge < -0.3 is 10.2 Å². The summed E-state index contributed by atoms with van der Waals surface area (Å²) in [7, 11) is 1.49. The summed E-state index contributed by atoms with van der Waals surface area (Å²) in [6.45, 7) is 4.37. The average Bonchev–Trinajstić information content (AvgIpc) is 2.72. The second-order valence-electron chi connectivity index (χ2n) is 7.86. The number of nitrogens with zero attached hydrogens (tertiary/aromatic N) is 3. The molecule has 7 heteroatoms. The van der Waals surface area contributed by atoms with Gasteiger partial charge in [-0.2, -0.15) is 0 Å². The lowest BCUT2D eigenvalue weighted by Crippen LogP contribution is -2.47. The third-order valence-electron chi connectivity index (χ3n) is 5.94. The van der Waals surface area contributed by atoms with E-state index < -0.39 is 0 Å². The van der Waals surface area contributed by atoms with Crippen LogP contribution in [-0.2, 0) is 18.4 Å². The van der Waals surface area contributed by atoms with Crippen LogP contribution >= 0.6 is 0 Å². The van der Waals surface area contributed by atoms with Crippen molar-refractivity contribution in [2.24, 2.45) is 13.0 Å². The lowest BCUT2D eigenvalue weighted by molar-refractivity contribution is -0.125. The number of aromatic nitrogens is 2. The summed E-state index contributed by atoms with van der Waals surface area (Å²) in [6.07, 6.45) is 9.82. The molecule has 1 saturated heterocycles. The quantitative estimate of drug-likeness (QED) is 0.754. The Morgan fingerprint density at radius 1 is 1.25 bits per heavy atom. The predicted octanol–water partition coefficient (Wildman–Crippen LogP) is 1.79. The number of hydrogen-bond donors (Lipinski definition) is 1. The number of carbonyl (C=O) groups is 1. The van der Waals surface area contributed by atoms with Gasteiger partial charge in [-0.15, -0.1) is 0 Å². The fourth-order valence-electron chi connectivity index (χ4n) is 4.24. The van der Waals surface area contributed by atoms with Gasteiger partial charge in [0.1, 0.15) is 5.82 Å². The van der Waals surface area contributed by atoms with E-state index in [1.165, 1.54) is 31.5 Å². The number of anilines is 1. The molecule has 0 saturated carbocycles. The summed E-state index contributed by atoms with van der Waals surface area (Å²) < 4.78 is 2.73. The van der Waals surface area contributed by atoms with Crippen LogP contribution in [0.1, 0.15) is 51.9 Å². The van der Waals surface area contributed by atoms with Gasteiger partial charge in [0, 0.05) is 39.3 Å². The van der Waals surface area contributed by atoms with Crippen LogP contribution in [0.15, 0.2) is 27.3 Å². The first-order valence-electron chi connectivity index (χ1n) is 10.5. The van der Waals surface area contributed by atoms with Crippen LogP contribution in [0.5, 0.6) is 0 Å². The Balaban J connectivity index is 1.64. The molecule has 1 aromatic heterocycles. The smallest absolute Gasteiger partial charge is 0.332 e. The van der Waals surface area contributed by atoms with E-state index in [2.05, 4.69) is 11.4 Å². The largest absolute Gasteiger partial charge is 0.357 e. The van der Waals surface area contributed by atoms with Crippen LogP contribution in [0, 0.1) is 5.92 Å². The maximum atomic E-state index is 12.7. The monoisotopic (exact) mass is 388 g/mol. The first kappa shape index (κ1) is 20.4. The van der Waals surface area contributed by atoms with E-state index in [1.807, 2.05) is 11.8 Å². The van der Waals surface area contributed by atoms with E-state index in [0.29, 0.717) is 25.5 Å². The zero-order valence-corrected chi connectivity index (χ0v) is 17.1. The first-order chi connectivity index (χ1) is 13.5. The van der Waals surface area contributed by atoms with Crippen molar-refractivity contribution in [3.05, 3.63) is 38.6 Å². The lowest BCUT2D eigenvalue weighted by atomic mass is 9.96. The van der Waals surface area contributed by atoms with Crippen LogP contribution < -0.4 is 21.5 Å². The van der Waals surface area contributed by atoms with E-state index in [9.17, 15) is 14.4 Å². The molecule has 0 aromatic carbocycles.